The number of thioether (sulfide) groups is 1. The minimum Gasteiger partial charge on any atom is -0.352 e. The lowest BCUT2D eigenvalue weighted by molar-refractivity contribution is -0.121. The van der Waals surface area contributed by atoms with Gasteiger partial charge in [0.25, 0.3) is 0 Å². The second-order valence-corrected chi connectivity index (χ2v) is 5.86. The van der Waals surface area contributed by atoms with E-state index in [4.69, 9.17) is 5.73 Å². The van der Waals surface area contributed by atoms with E-state index in [0.717, 1.165) is 25.0 Å². The number of carbonyl (C=O) groups excluding carboxylic acids is 1. The van der Waals surface area contributed by atoms with Crippen LogP contribution in [0.25, 0.3) is 0 Å². The minimum atomic E-state index is 0.210. The summed E-state index contributed by atoms with van der Waals surface area (Å²) in [6, 6.07) is 0.412. The predicted octanol–water partition coefficient (Wildman–Crippen LogP) is 1.91. The fraction of sp³-hybridized carbons (Fsp3) is 0.917. The molecule has 1 fully saturated rings. The molecule has 1 aliphatic carbocycles. The second-order valence-electron chi connectivity index (χ2n) is 4.34. The van der Waals surface area contributed by atoms with Crippen molar-refractivity contribution < 1.29 is 4.79 Å². The fourth-order valence-corrected chi connectivity index (χ4v) is 3.41. The maximum absolute atomic E-state index is 11.7. The highest BCUT2D eigenvalue weighted by Crippen LogP contribution is 2.29. The maximum atomic E-state index is 11.7. The van der Waals surface area contributed by atoms with Gasteiger partial charge in [-0.1, -0.05) is 13.3 Å². The summed E-state index contributed by atoms with van der Waals surface area (Å²) in [5.41, 5.74) is 5.40. The van der Waals surface area contributed by atoms with Crippen LogP contribution in [0.15, 0.2) is 0 Å². The summed E-state index contributed by atoms with van der Waals surface area (Å²) < 4.78 is 0. The van der Waals surface area contributed by atoms with Crippen molar-refractivity contribution in [2.45, 2.75) is 56.7 Å². The molecule has 0 aromatic heterocycles. The van der Waals surface area contributed by atoms with Gasteiger partial charge in [-0.15, -0.1) is 0 Å². The summed E-state index contributed by atoms with van der Waals surface area (Å²) in [5.74, 6) is 1.35. The molecule has 4 heteroatoms. The summed E-state index contributed by atoms with van der Waals surface area (Å²) in [6.07, 6.45) is 6.17. The van der Waals surface area contributed by atoms with Crippen molar-refractivity contribution in [1.29, 1.82) is 0 Å². The van der Waals surface area contributed by atoms with Gasteiger partial charge in [0.2, 0.25) is 5.91 Å². The highest BCUT2D eigenvalue weighted by Gasteiger charge is 2.27. The highest BCUT2D eigenvalue weighted by molar-refractivity contribution is 7.99. The maximum Gasteiger partial charge on any atom is 0.220 e. The van der Waals surface area contributed by atoms with Gasteiger partial charge in [-0.3, -0.25) is 4.79 Å². The lowest BCUT2D eigenvalue weighted by Crippen LogP contribution is -2.38. The molecule has 0 aliphatic heterocycles. The van der Waals surface area contributed by atoms with Gasteiger partial charge in [0, 0.05) is 17.7 Å². The van der Waals surface area contributed by atoms with Crippen molar-refractivity contribution in [3.05, 3.63) is 0 Å². The van der Waals surface area contributed by atoms with Crippen LogP contribution in [0, 0.1) is 0 Å². The van der Waals surface area contributed by atoms with E-state index in [9.17, 15) is 4.79 Å². The number of hydrogen-bond donors (Lipinski definition) is 2. The van der Waals surface area contributed by atoms with Gasteiger partial charge in [-0.2, -0.15) is 11.8 Å². The normalized spacial score (nSPS) is 24.6. The van der Waals surface area contributed by atoms with Crippen LogP contribution in [0.1, 0.15) is 45.4 Å². The monoisotopic (exact) mass is 244 g/mol. The lowest BCUT2D eigenvalue weighted by atomic mass is 10.2. The van der Waals surface area contributed by atoms with Crippen LogP contribution in [0.4, 0.5) is 0 Å². The van der Waals surface area contributed by atoms with E-state index in [2.05, 4.69) is 12.2 Å². The van der Waals surface area contributed by atoms with Gasteiger partial charge in [-0.05, 0) is 38.0 Å². The summed E-state index contributed by atoms with van der Waals surface area (Å²) in [5, 5.41) is 3.81. The largest absolute Gasteiger partial charge is 0.352 e. The Kier molecular flexibility index (Phi) is 6.88. The van der Waals surface area contributed by atoms with E-state index >= 15 is 0 Å². The van der Waals surface area contributed by atoms with Crippen molar-refractivity contribution in [2.75, 3.05) is 12.3 Å². The first-order chi connectivity index (χ1) is 7.77. The average molecular weight is 244 g/mol. The Bertz CT molecular complexity index is 211. The van der Waals surface area contributed by atoms with Gasteiger partial charge < -0.3 is 11.1 Å². The van der Waals surface area contributed by atoms with Crippen molar-refractivity contribution in [1.82, 2.24) is 5.32 Å². The molecule has 2 unspecified atom stereocenters. The fourth-order valence-electron chi connectivity index (χ4n) is 2.21. The van der Waals surface area contributed by atoms with Gasteiger partial charge in [0.15, 0.2) is 0 Å². The van der Waals surface area contributed by atoms with Crippen molar-refractivity contribution >= 4 is 17.7 Å². The summed E-state index contributed by atoms with van der Waals surface area (Å²) in [4.78, 5) is 11.7. The highest BCUT2D eigenvalue weighted by atomic mass is 32.2. The van der Waals surface area contributed by atoms with Gasteiger partial charge in [0.1, 0.15) is 0 Å². The number of carbonyl (C=O) groups is 1. The van der Waals surface area contributed by atoms with E-state index in [1.807, 2.05) is 11.8 Å². The second kappa shape index (κ2) is 7.96. The van der Waals surface area contributed by atoms with Crippen molar-refractivity contribution in [2.24, 2.45) is 5.73 Å². The molecule has 3 nitrogen and oxygen atoms in total. The molecular weight excluding hydrogens is 220 g/mol. The summed E-state index contributed by atoms with van der Waals surface area (Å²) in [6.45, 7) is 2.87. The molecule has 0 heterocycles. The van der Waals surface area contributed by atoms with Gasteiger partial charge in [-0.25, -0.2) is 0 Å². The predicted molar refractivity (Wildman–Crippen MR) is 70.6 cm³/mol. The molecule has 0 aromatic carbocycles. The number of nitrogens with two attached hydrogens (primary N) is 1. The molecule has 0 bridgehead atoms. The van der Waals surface area contributed by atoms with E-state index in [1.165, 1.54) is 12.8 Å². The molecule has 0 radical (unpaired) electrons. The minimum absolute atomic E-state index is 0.210. The Labute approximate surface area is 103 Å². The SMILES string of the molecule is CCSC1CCCC1NC(=O)CCCCN. The number of unbranched alkanes of at least 4 members (excludes halogenated alkanes) is 1. The smallest absolute Gasteiger partial charge is 0.220 e. The Morgan fingerprint density at radius 1 is 1.44 bits per heavy atom. The summed E-state index contributed by atoms with van der Waals surface area (Å²) in [7, 11) is 0. The third-order valence-corrected chi connectivity index (χ3v) is 4.36. The van der Waals surface area contributed by atoms with Crippen LogP contribution in [-0.2, 0) is 4.79 Å². The quantitative estimate of drug-likeness (QED) is 0.673. The molecule has 16 heavy (non-hydrogen) atoms. The first-order valence-electron chi connectivity index (χ1n) is 6.39. The van der Waals surface area contributed by atoms with Crippen LogP contribution >= 0.6 is 11.8 Å². The topological polar surface area (TPSA) is 55.1 Å². The molecule has 1 saturated carbocycles. The molecule has 1 rings (SSSR count). The zero-order valence-electron chi connectivity index (χ0n) is 10.2. The van der Waals surface area contributed by atoms with Crippen LogP contribution < -0.4 is 11.1 Å². The molecule has 0 aromatic rings. The number of hydrogen-bond acceptors (Lipinski definition) is 3. The van der Waals surface area contributed by atoms with Gasteiger partial charge >= 0.3 is 0 Å². The zero-order valence-corrected chi connectivity index (χ0v) is 11.0. The molecule has 0 saturated heterocycles. The van der Waals surface area contributed by atoms with E-state index in [0.29, 0.717) is 24.3 Å². The number of rotatable bonds is 7. The Morgan fingerprint density at radius 3 is 2.94 bits per heavy atom. The molecule has 3 N–H and O–H groups in total. The third kappa shape index (κ3) is 4.74. The van der Waals surface area contributed by atoms with Crippen LogP contribution in [0.5, 0.6) is 0 Å². The van der Waals surface area contributed by atoms with Crippen LogP contribution in [0.2, 0.25) is 0 Å². The van der Waals surface area contributed by atoms with E-state index in [-0.39, 0.29) is 5.91 Å². The summed E-state index contributed by atoms with van der Waals surface area (Å²) >= 11 is 1.98. The van der Waals surface area contributed by atoms with Gasteiger partial charge in [0.05, 0.1) is 0 Å². The first kappa shape index (κ1) is 13.8. The van der Waals surface area contributed by atoms with E-state index in [1.54, 1.807) is 0 Å². The van der Waals surface area contributed by atoms with Crippen molar-refractivity contribution in [3.8, 4) is 0 Å². The molecule has 1 aliphatic rings. The zero-order chi connectivity index (χ0) is 11.8. The Balaban J connectivity index is 2.21. The van der Waals surface area contributed by atoms with Crippen LogP contribution in [0.3, 0.4) is 0 Å². The molecule has 1 amide bonds. The molecular formula is C12H24N2OS. The van der Waals surface area contributed by atoms with Crippen molar-refractivity contribution in [3.63, 3.8) is 0 Å². The number of nitrogens with one attached hydrogen (secondary N) is 1. The molecule has 0 spiro atoms. The Morgan fingerprint density at radius 2 is 2.25 bits per heavy atom. The molecule has 2 atom stereocenters. The third-order valence-electron chi connectivity index (χ3n) is 3.04. The standard InChI is InChI=1S/C12H24N2OS/c1-2-16-11-7-5-6-10(11)14-12(15)8-3-4-9-13/h10-11H,2-9,13H2,1H3,(H,14,15). The van der Waals surface area contributed by atoms with Crippen LogP contribution in [-0.4, -0.2) is 29.5 Å². The average Bonchev–Trinajstić information content (AvgIpc) is 2.67. The van der Waals surface area contributed by atoms with E-state index < -0.39 is 0 Å². The number of amides is 1. The molecule has 94 valence electrons. The lowest BCUT2D eigenvalue weighted by Gasteiger charge is -2.20. The first-order valence-corrected chi connectivity index (χ1v) is 7.43. The Hall–Kier alpha value is -0.220.